The summed E-state index contributed by atoms with van der Waals surface area (Å²) in [5.74, 6) is 1.05. The highest BCUT2D eigenvalue weighted by atomic mass is 16.2. The Labute approximate surface area is 105 Å². The molecular weight excluding hydrogens is 214 g/mol. The normalized spacial score (nSPS) is 17.9. The molecule has 1 saturated heterocycles. The monoisotopic (exact) mass is 241 g/mol. The molecule has 1 aliphatic rings. The van der Waals surface area contributed by atoms with Gasteiger partial charge in [-0.2, -0.15) is 0 Å². The van der Waals surface area contributed by atoms with Crippen LogP contribution in [0.25, 0.3) is 0 Å². The summed E-state index contributed by atoms with van der Waals surface area (Å²) in [6.45, 7) is 8.91. The van der Waals surface area contributed by atoms with Crippen LogP contribution in [0.2, 0.25) is 0 Å². The van der Waals surface area contributed by atoms with Crippen LogP contribution < -0.4 is 5.32 Å². The summed E-state index contributed by atoms with van der Waals surface area (Å²) in [6.07, 6.45) is 1.06. The highest BCUT2D eigenvalue weighted by molar-refractivity contribution is 5.79. The highest BCUT2D eigenvalue weighted by Crippen LogP contribution is 2.18. The average molecular weight is 241 g/mol. The number of nitrogens with one attached hydrogen (secondary N) is 1. The number of amides is 1. The Morgan fingerprint density at radius 3 is 2.41 bits per heavy atom. The first-order valence-electron chi connectivity index (χ1n) is 6.70. The minimum Gasteiger partial charge on any atom is -0.343 e. The molecule has 0 radical (unpaired) electrons. The number of hydrogen-bond donors (Lipinski definition) is 1. The zero-order chi connectivity index (χ0) is 12.8. The standard InChI is InChI=1S/C13H27N3O/c1-5-16(8-6-7-15(3)4)13(17)11(2)12-9-14-10-12/h11-12,14H,5-10H2,1-4H3. The molecule has 1 unspecified atom stereocenters. The fourth-order valence-corrected chi connectivity index (χ4v) is 2.16. The van der Waals surface area contributed by atoms with Gasteiger partial charge in [0.15, 0.2) is 0 Å². The molecule has 100 valence electrons. The second-order valence-corrected chi connectivity index (χ2v) is 5.28. The molecule has 0 spiro atoms. The molecule has 0 aromatic heterocycles. The van der Waals surface area contributed by atoms with Crippen molar-refractivity contribution >= 4 is 5.91 Å². The third kappa shape index (κ3) is 4.28. The average Bonchev–Trinajstić information content (AvgIpc) is 2.20. The first-order valence-corrected chi connectivity index (χ1v) is 6.70. The molecule has 0 aromatic rings. The molecule has 1 N–H and O–H groups in total. The van der Waals surface area contributed by atoms with E-state index in [1.54, 1.807) is 0 Å². The number of rotatable bonds is 7. The largest absolute Gasteiger partial charge is 0.343 e. The Morgan fingerprint density at radius 2 is 2.00 bits per heavy atom. The Kier molecular flexibility index (Phi) is 5.92. The van der Waals surface area contributed by atoms with Gasteiger partial charge in [-0.1, -0.05) is 6.92 Å². The molecule has 1 aliphatic heterocycles. The van der Waals surface area contributed by atoms with E-state index in [4.69, 9.17) is 0 Å². The van der Waals surface area contributed by atoms with Gasteiger partial charge >= 0.3 is 0 Å². The molecule has 0 saturated carbocycles. The van der Waals surface area contributed by atoms with Crippen LogP contribution in [0.4, 0.5) is 0 Å². The second-order valence-electron chi connectivity index (χ2n) is 5.28. The minimum atomic E-state index is 0.176. The molecule has 4 heteroatoms. The third-order valence-electron chi connectivity index (χ3n) is 3.64. The van der Waals surface area contributed by atoms with Gasteiger partial charge in [0.1, 0.15) is 0 Å². The predicted molar refractivity (Wildman–Crippen MR) is 70.9 cm³/mol. The summed E-state index contributed by atoms with van der Waals surface area (Å²) >= 11 is 0. The minimum absolute atomic E-state index is 0.176. The molecule has 1 atom stereocenters. The molecule has 1 rings (SSSR count). The van der Waals surface area contributed by atoms with Gasteiger partial charge in [0, 0.05) is 19.0 Å². The summed E-state index contributed by atoms with van der Waals surface area (Å²) in [7, 11) is 4.14. The zero-order valence-corrected chi connectivity index (χ0v) is 11.7. The zero-order valence-electron chi connectivity index (χ0n) is 11.7. The Hall–Kier alpha value is -0.610. The summed E-state index contributed by atoms with van der Waals surface area (Å²) in [5.41, 5.74) is 0. The van der Waals surface area contributed by atoms with Crippen molar-refractivity contribution < 1.29 is 4.79 Å². The molecule has 17 heavy (non-hydrogen) atoms. The van der Waals surface area contributed by atoms with E-state index < -0.39 is 0 Å². The summed E-state index contributed by atoms with van der Waals surface area (Å²) in [4.78, 5) is 16.4. The smallest absolute Gasteiger partial charge is 0.225 e. The number of hydrogen-bond acceptors (Lipinski definition) is 3. The topological polar surface area (TPSA) is 35.6 Å². The van der Waals surface area contributed by atoms with Crippen LogP contribution in [0.3, 0.4) is 0 Å². The van der Waals surface area contributed by atoms with E-state index in [2.05, 4.69) is 38.2 Å². The van der Waals surface area contributed by atoms with Crippen LogP contribution in [0.1, 0.15) is 20.3 Å². The molecule has 1 heterocycles. The molecule has 4 nitrogen and oxygen atoms in total. The molecular formula is C13H27N3O. The van der Waals surface area contributed by atoms with E-state index in [0.717, 1.165) is 39.1 Å². The quantitative estimate of drug-likeness (QED) is 0.710. The van der Waals surface area contributed by atoms with Crippen LogP contribution >= 0.6 is 0 Å². The molecule has 0 aromatic carbocycles. The number of nitrogens with zero attached hydrogens (tertiary/aromatic N) is 2. The van der Waals surface area contributed by atoms with Crippen LogP contribution in [-0.4, -0.2) is 62.5 Å². The summed E-state index contributed by atoms with van der Waals surface area (Å²) in [6, 6.07) is 0. The van der Waals surface area contributed by atoms with Gasteiger partial charge in [0.2, 0.25) is 5.91 Å². The Morgan fingerprint density at radius 1 is 1.35 bits per heavy atom. The van der Waals surface area contributed by atoms with Crippen LogP contribution in [-0.2, 0) is 4.79 Å². The fourth-order valence-electron chi connectivity index (χ4n) is 2.16. The lowest BCUT2D eigenvalue weighted by atomic mass is 9.88. The van der Waals surface area contributed by atoms with Gasteiger partial charge in [-0.3, -0.25) is 4.79 Å². The maximum absolute atomic E-state index is 12.3. The molecule has 0 bridgehead atoms. The van der Waals surface area contributed by atoms with Crippen molar-refractivity contribution in [3.05, 3.63) is 0 Å². The van der Waals surface area contributed by atoms with E-state index in [0.29, 0.717) is 11.8 Å². The summed E-state index contributed by atoms with van der Waals surface area (Å²) in [5, 5.41) is 3.23. The van der Waals surface area contributed by atoms with Crippen molar-refractivity contribution in [2.75, 3.05) is 46.8 Å². The van der Waals surface area contributed by atoms with Gasteiger partial charge in [0.05, 0.1) is 0 Å². The Bertz CT molecular complexity index is 239. The van der Waals surface area contributed by atoms with Crippen LogP contribution in [0, 0.1) is 11.8 Å². The van der Waals surface area contributed by atoms with Crippen LogP contribution in [0.5, 0.6) is 0 Å². The molecule has 1 fully saturated rings. The van der Waals surface area contributed by atoms with Crippen molar-refractivity contribution in [3.8, 4) is 0 Å². The van der Waals surface area contributed by atoms with E-state index in [1.165, 1.54) is 0 Å². The second kappa shape index (κ2) is 6.97. The number of carbonyl (C=O) groups excluding carboxylic acids is 1. The lowest BCUT2D eigenvalue weighted by Gasteiger charge is -2.35. The van der Waals surface area contributed by atoms with E-state index >= 15 is 0 Å². The van der Waals surface area contributed by atoms with Crippen molar-refractivity contribution in [2.45, 2.75) is 20.3 Å². The predicted octanol–water partition coefficient (Wildman–Crippen LogP) is 0.642. The maximum Gasteiger partial charge on any atom is 0.225 e. The van der Waals surface area contributed by atoms with Gasteiger partial charge in [-0.15, -0.1) is 0 Å². The highest BCUT2D eigenvalue weighted by Gasteiger charge is 2.30. The van der Waals surface area contributed by atoms with Crippen molar-refractivity contribution in [1.29, 1.82) is 0 Å². The van der Waals surface area contributed by atoms with Crippen molar-refractivity contribution in [1.82, 2.24) is 15.1 Å². The van der Waals surface area contributed by atoms with Gasteiger partial charge < -0.3 is 15.1 Å². The van der Waals surface area contributed by atoms with Gasteiger partial charge in [-0.05, 0) is 53.0 Å². The van der Waals surface area contributed by atoms with E-state index in [9.17, 15) is 4.79 Å². The fraction of sp³-hybridized carbons (Fsp3) is 0.923. The molecule has 1 amide bonds. The summed E-state index contributed by atoms with van der Waals surface area (Å²) < 4.78 is 0. The van der Waals surface area contributed by atoms with Crippen molar-refractivity contribution in [3.63, 3.8) is 0 Å². The van der Waals surface area contributed by atoms with Crippen LogP contribution in [0.15, 0.2) is 0 Å². The van der Waals surface area contributed by atoms with E-state index in [1.807, 2.05) is 4.90 Å². The lowest BCUT2D eigenvalue weighted by Crippen LogP contribution is -2.50. The van der Waals surface area contributed by atoms with Gasteiger partial charge in [-0.25, -0.2) is 0 Å². The Balaban J connectivity index is 2.34. The first kappa shape index (κ1) is 14.5. The van der Waals surface area contributed by atoms with E-state index in [-0.39, 0.29) is 5.92 Å². The van der Waals surface area contributed by atoms with Gasteiger partial charge in [0.25, 0.3) is 0 Å². The number of carbonyl (C=O) groups is 1. The maximum atomic E-state index is 12.3. The third-order valence-corrected chi connectivity index (χ3v) is 3.64. The van der Waals surface area contributed by atoms with Crippen molar-refractivity contribution in [2.24, 2.45) is 11.8 Å². The molecule has 0 aliphatic carbocycles. The lowest BCUT2D eigenvalue weighted by molar-refractivity contribution is -0.137. The SMILES string of the molecule is CCN(CCCN(C)C)C(=O)C(C)C1CNC1. The first-order chi connectivity index (χ1) is 8.06.